The predicted octanol–water partition coefficient (Wildman–Crippen LogP) is 2.53. The fraction of sp³-hybridized carbons (Fsp3) is 0.846. The number of aryl methyl sites for hydroxylation is 1. The van der Waals surface area contributed by atoms with E-state index in [-0.39, 0.29) is 0 Å². The molecule has 1 unspecified atom stereocenters. The summed E-state index contributed by atoms with van der Waals surface area (Å²) in [5, 5.41) is 11.6. The van der Waals surface area contributed by atoms with Gasteiger partial charge < -0.3 is 5.32 Å². The second-order valence-corrected chi connectivity index (χ2v) is 5.06. The van der Waals surface area contributed by atoms with E-state index in [1.165, 1.54) is 44.2 Å². The number of rotatable bonds is 5. The van der Waals surface area contributed by atoms with Crippen LogP contribution in [-0.2, 0) is 6.54 Å². The Morgan fingerprint density at radius 2 is 2.18 bits per heavy atom. The van der Waals surface area contributed by atoms with Gasteiger partial charge in [0, 0.05) is 6.54 Å². The molecule has 0 amide bonds. The third-order valence-electron chi connectivity index (χ3n) is 3.95. The number of aromatic nitrogens is 3. The van der Waals surface area contributed by atoms with Crippen molar-refractivity contribution in [1.82, 2.24) is 20.3 Å². The smallest absolute Gasteiger partial charge is 0.0756 e. The molecule has 0 aliphatic heterocycles. The minimum absolute atomic E-state index is 0.410. The summed E-state index contributed by atoms with van der Waals surface area (Å²) in [5.74, 6) is 0.876. The number of nitrogens with zero attached hydrogens (tertiary/aromatic N) is 3. The van der Waals surface area contributed by atoms with Crippen LogP contribution < -0.4 is 5.32 Å². The quantitative estimate of drug-likeness (QED) is 0.854. The normalized spacial score (nSPS) is 19.4. The van der Waals surface area contributed by atoms with Gasteiger partial charge in [0.05, 0.1) is 17.9 Å². The lowest BCUT2D eigenvalue weighted by Gasteiger charge is -2.26. The summed E-state index contributed by atoms with van der Waals surface area (Å²) in [5.41, 5.74) is 1.24. The third kappa shape index (κ3) is 3.06. The Hall–Kier alpha value is -0.900. The monoisotopic (exact) mass is 236 g/mol. The van der Waals surface area contributed by atoms with Crippen LogP contribution in [0, 0.1) is 5.92 Å². The van der Waals surface area contributed by atoms with Crippen LogP contribution in [0.25, 0.3) is 0 Å². The lowest BCUT2D eigenvalue weighted by molar-refractivity contribution is 0.299. The maximum Gasteiger partial charge on any atom is 0.0756 e. The first-order chi connectivity index (χ1) is 8.35. The molecular formula is C13H24N4. The van der Waals surface area contributed by atoms with Crippen LogP contribution >= 0.6 is 0 Å². The third-order valence-corrected chi connectivity index (χ3v) is 3.95. The highest BCUT2D eigenvalue weighted by atomic mass is 15.4. The van der Waals surface area contributed by atoms with Crippen molar-refractivity contribution < 1.29 is 0 Å². The van der Waals surface area contributed by atoms with Crippen LogP contribution in [0.3, 0.4) is 0 Å². The van der Waals surface area contributed by atoms with Gasteiger partial charge in [-0.15, -0.1) is 5.10 Å². The summed E-state index contributed by atoms with van der Waals surface area (Å²) in [6.07, 6.45) is 10.2. The summed E-state index contributed by atoms with van der Waals surface area (Å²) in [6, 6.07) is 0.410. The molecule has 0 radical (unpaired) electrons. The molecule has 0 aromatic carbocycles. The fourth-order valence-electron chi connectivity index (χ4n) is 2.92. The molecule has 1 saturated carbocycles. The van der Waals surface area contributed by atoms with Gasteiger partial charge in [0.1, 0.15) is 0 Å². The topological polar surface area (TPSA) is 42.7 Å². The van der Waals surface area contributed by atoms with Crippen molar-refractivity contribution in [2.45, 2.75) is 58.0 Å². The van der Waals surface area contributed by atoms with E-state index in [1.54, 1.807) is 0 Å². The number of hydrogen-bond donors (Lipinski definition) is 1. The van der Waals surface area contributed by atoms with Crippen molar-refractivity contribution in [3.05, 3.63) is 11.9 Å². The van der Waals surface area contributed by atoms with Gasteiger partial charge in [-0.1, -0.05) is 37.3 Å². The lowest BCUT2D eigenvalue weighted by atomic mass is 9.84. The van der Waals surface area contributed by atoms with E-state index in [2.05, 4.69) is 22.6 Å². The molecule has 17 heavy (non-hydrogen) atoms. The molecule has 1 fully saturated rings. The van der Waals surface area contributed by atoms with E-state index >= 15 is 0 Å². The summed E-state index contributed by atoms with van der Waals surface area (Å²) in [6.45, 7) is 3.02. The Labute approximate surface area is 104 Å². The van der Waals surface area contributed by atoms with Crippen LogP contribution in [0.5, 0.6) is 0 Å². The summed E-state index contributed by atoms with van der Waals surface area (Å²) >= 11 is 0. The molecule has 0 bridgehead atoms. The van der Waals surface area contributed by atoms with Crippen LogP contribution in [0.4, 0.5) is 0 Å². The van der Waals surface area contributed by atoms with Crippen molar-refractivity contribution in [3.8, 4) is 0 Å². The second-order valence-electron chi connectivity index (χ2n) is 5.06. The predicted molar refractivity (Wildman–Crippen MR) is 68.7 cm³/mol. The van der Waals surface area contributed by atoms with E-state index in [0.717, 1.165) is 12.5 Å². The lowest BCUT2D eigenvalue weighted by Crippen LogP contribution is -2.24. The molecule has 4 nitrogen and oxygen atoms in total. The molecule has 1 aliphatic carbocycles. The molecule has 1 heterocycles. The minimum atomic E-state index is 0.410. The maximum absolute atomic E-state index is 4.12. The Kier molecular flexibility index (Phi) is 4.54. The van der Waals surface area contributed by atoms with Gasteiger partial charge in [-0.2, -0.15) is 0 Å². The Morgan fingerprint density at radius 1 is 1.41 bits per heavy atom. The molecular weight excluding hydrogens is 212 g/mol. The van der Waals surface area contributed by atoms with Crippen LogP contribution in [0.2, 0.25) is 0 Å². The van der Waals surface area contributed by atoms with Gasteiger partial charge in [0.2, 0.25) is 0 Å². The average molecular weight is 236 g/mol. The zero-order chi connectivity index (χ0) is 12.1. The summed E-state index contributed by atoms with van der Waals surface area (Å²) < 4.78 is 2.00. The second kappa shape index (κ2) is 6.15. The zero-order valence-corrected chi connectivity index (χ0v) is 11.0. The maximum atomic E-state index is 4.12. The number of nitrogens with one attached hydrogen (secondary N) is 1. The molecule has 1 atom stereocenters. The molecule has 1 aliphatic rings. The van der Waals surface area contributed by atoms with Crippen molar-refractivity contribution in [3.63, 3.8) is 0 Å². The van der Waals surface area contributed by atoms with Crippen LogP contribution in [-0.4, -0.2) is 22.0 Å². The van der Waals surface area contributed by atoms with Gasteiger partial charge >= 0.3 is 0 Å². The molecule has 0 spiro atoms. The summed E-state index contributed by atoms with van der Waals surface area (Å²) in [7, 11) is 2.04. The standard InChI is InChI=1S/C13H24N4/c1-3-17-13(10-15-16-17)12(14-2)9-11-7-5-4-6-8-11/h10-12,14H,3-9H2,1-2H3. The SMILES string of the molecule is CCn1nncc1C(CC1CCCCC1)NC. The van der Waals surface area contributed by atoms with Crippen molar-refractivity contribution in [2.24, 2.45) is 5.92 Å². The average Bonchev–Trinajstić information content (AvgIpc) is 2.85. The molecule has 1 aromatic rings. The van der Waals surface area contributed by atoms with Gasteiger partial charge in [0.25, 0.3) is 0 Å². The van der Waals surface area contributed by atoms with Crippen LogP contribution in [0.15, 0.2) is 6.20 Å². The molecule has 4 heteroatoms. The van der Waals surface area contributed by atoms with E-state index in [9.17, 15) is 0 Å². The highest BCUT2D eigenvalue weighted by Crippen LogP contribution is 2.31. The van der Waals surface area contributed by atoms with Crippen molar-refractivity contribution in [1.29, 1.82) is 0 Å². The highest BCUT2D eigenvalue weighted by Gasteiger charge is 2.21. The van der Waals surface area contributed by atoms with E-state index in [0.29, 0.717) is 6.04 Å². The summed E-state index contributed by atoms with van der Waals surface area (Å²) in [4.78, 5) is 0. The molecule has 1 N–H and O–H groups in total. The first-order valence-corrected chi connectivity index (χ1v) is 6.90. The van der Waals surface area contributed by atoms with E-state index in [4.69, 9.17) is 0 Å². The van der Waals surface area contributed by atoms with Gasteiger partial charge in [-0.05, 0) is 26.3 Å². The largest absolute Gasteiger partial charge is 0.312 e. The fourth-order valence-corrected chi connectivity index (χ4v) is 2.92. The van der Waals surface area contributed by atoms with Gasteiger partial charge in [-0.25, -0.2) is 4.68 Å². The molecule has 2 rings (SSSR count). The molecule has 1 aromatic heterocycles. The first kappa shape index (κ1) is 12.6. The highest BCUT2D eigenvalue weighted by molar-refractivity contribution is 5.02. The van der Waals surface area contributed by atoms with E-state index in [1.807, 2.05) is 17.9 Å². The Morgan fingerprint density at radius 3 is 2.82 bits per heavy atom. The number of hydrogen-bond acceptors (Lipinski definition) is 3. The van der Waals surface area contributed by atoms with E-state index < -0.39 is 0 Å². The molecule has 0 saturated heterocycles. The minimum Gasteiger partial charge on any atom is -0.312 e. The van der Waals surface area contributed by atoms with Crippen molar-refractivity contribution in [2.75, 3.05) is 7.05 Å². The van der Waals surface area contributed by atoms with Gasteiger partial charge in [0.15, 0.2) is 0 Å². The zero-order valence-electron chi connectivity index (χ0n) is 11.0. The molecule has 96 valence electrons. The van der Waals surface area contributed by atoms with Crippen LogP contribution in [0.1, 0.15) is 57.2 Å². The first-order valence-electron chi connectivity index (χ1n) is 6.90. The Bertz CT molecular complexity index is 328. The van der Waals surface area contributed by atoms with Crippen molar-refractivity contribution >= 4 is 0 Å². The Balaban J connectivity index is 2.00. The van der Waals surface area contributed by atoms with Gasteiger partial charge in [-0.3, -0.25) is 0 Å².